The summed E-state index contributed by atoms with van der Waals surface area (Å²) in [6.45, 7) is 1.85. The largest absolute Gasteiger partial charge is 0.346 e. The van der Waals surface area contributed by atoms with Gasteiger partial charge in [0.1, 0.15) is 5.82 Å². The zero-order valence-electron chi connectivity index (χ0n) is 17.0. The van der Waals surface area contributed by atoms with E-state index in [0.29, 0.717) is 37.4 Å². The van der Waals surface area contributed by atoms with Crippen LogP contribution in [0.2, 0.25) is 0 Å². The molecule has 0 aliphatic carbocycles. The third-order valence-electron chi connectivity index (χ3n) is 5.15. The molecule has 4 rings (SSSR count). The summed E-state index contributed by atoms with van der Waals surface area (Å²) in [6.07, 6.45) is 2.47. The number of carbonyl (C=O) groups is 2. The molecule has 1 fully saturated rings. The molecule has 1 aromatic heterocycles. The van der Waals surface area contributed by atoms with Crippen LogP contribution in [0.5, 0.6) is 0 Å². The van der Waals surface area contributed by atoms with Crippen LogP contribution in [0.3, 0.4) is 0 Å². The highest BCUT2D eigenvalue weighted by Gasteiger charge is 2.27. The van der Waals surface area contributed by atoms with Gasteiger partial charge in [0.05, 0.1) is 12.2 Å². The number of nitrogens with zero attached hydrogens (tertiary/aromatic N) is 3. The van der Waals surface area contributed by atoms with E-state index in [0.717, 1.165) is 17.7 Å². The molecule has 1 aliphatic rings. The van der Waals surface area contributed by atoms with Crippen LogP contribution in [-0.2, 0) is 13.1 Å². The van der Waals surface area contributed by atoms with Crippen LogP contribution < -0.4 is 10.2 Å². The van der Waals surface area contributed by atoms with Crippen molar-refractivity contribution in [2.45, 2.75) is 19.5 Å². The molecule has 0 atom stereocenters. The highest BCUT2D eigenvalue weighted by Crippen LogP contribution is 2.23. The highest BCUT2D eigenvalue weighted by molar-refractivity contribution is 5.98. The third-order valence-corrected chi connectivity index (χ3v) is 5.15. The molecule has 2 heterocycles. The molecule has 1 N–H and O–H groups in total. The zero-order valence-corrected chi connectivity index (χ0v) is 17.0. The number of urea groups is 1. The van der Waals surface area contributed by atoms with Gasteiger partial charge in [0.25, 0.3) is 5.91 Å². The molecule has 3 amide bonds. The number of anilines is 1. The smallest absolute Gasteiger partial charge is 0.324 e. The fourth-order valence-electron chi connectivity index (χ4n) is 3.61. The Hall–Kier alpha value is -3.74. The van der Waals surface area contributed by atoms with E-state index in [4.69, 9.17) is 0 Å². The van der Waals surface area contributed by atoms with E-state index < -0.39 is 0 Å². The molecular formula is C24H23FN4O2. The molecule has 31 heavy (non-hydrogen) atoms. The van der Waals surface area contributed by atoms with Crippen LogP contribution in [-0.4, -0.2) is 34.9 Å². The Morgan fingerprint density at radius 1 is 1.03 bits per heavy atom. The predicted molar refractivity (Wildman–Crippen MR) is 116 cm³/mol. The van der Waals surface area contributed by atoms with Crippen LogP contribution in [0.15, 0.2) is 72.9 Å². The van der Waals surface area contributed by atoms with Crippen molar-refractivity contribution in [3.8, 4) is 0 Å². The lowest BCUT2D eigenvalue weighted by atomic mass is 10.1. The molecule has 0 spiro atoms. The van der Waals surface area contributed by atoms with Crippen molar-refractivity contribution in [1.29, 1.82) is 0 Å². The number of hydrogen-bond acceptors (Lipinski definition) is 3. The Balaban J connectivity index is 1.44. The Morgan fingerprint density at radius 3 is 2.71 bits per heavy atom. The first-order valence-corrected chi connectivity index (χ1v) is 10.2. The van der Waals surface area contributed by atoms with Gasteiger partial charge in [0.2, 0.25) is 0 Å². The quantitative estimate of drug-likeness (QED) is 0.659. The molecule has 0 saturated carbocycles. The van der Waals surface area contributed by atoms with E-state index in [1.165, 1.54) is 12.1 Å². The number of halogens is 1. The molecule has 0 radical (unpaired) electrons. The number of benzene rings is 2. The fraction of sp³-hybridized carbons (Fsp3) is 0.208. The first kappa shape index (κ1) is 20.5. The summed E-state index contributed by atoms with van der Waals surface area (Å²) in [5.41, 5.74) is 2.66. The van der Waals surface area contributed by atoms with Crippen molar-refractivity contribution in [1.82, 2.24) is 15.2 Å². The van der Waals surface area contributed by atoms with Gasteiger partial charge >= 0.3 is 6.03 Å². The normalized spacial score (nSPS) is 13.9. The van der Waals surface area contributed by atoms with Crippen molar-refractivity contribution < 1.29 is 14.0 Å². The summed E-state index contributed by atoms with van der Waals surface area (Å²) in [5, 5.41) is 2.85. The van der Waals surface area contributed by atoms with Crippen LogP contribution in [0.1, 0.15) is 28.0 Å². The molecular weight excluding hydrogens is 395 g/mol. The predicted octanol–water partition coefficient (Wildman–Crippen LogP) is 3.98. The lowest BCUT2D eigenvalue weighted by molar-refractivity contribution is 0.0950. The van der Waals surface area contributed by atoms with Gasteiger partial charge < -0.3 is 10.2 Å². The Bertz CT molecular complexity index is 1070. The van der Waals surface area contributed by atoms with E-state index >= 15 is 0 Å². The van der Waals surface area contributed by atoms with Crippen LogP contribution >= 0.6 is 0 Å². The molecule has 1 saturated heterocycles. The standard InChI is InChI=1S/C24H23FN4O2/c25-20-8-3-6-18(14-20)17-28-12-5-13-29(24(28)31)22-10-4-7-19(15-22)23(30)27-16-21-9-1-2-11-26-21/h1-4,6-11,14-15H,5,12-13,16-17H2,(H,27,30). The van der Waals surface area contributed by atoms with E-state index in [9.17, 15) is 14.0 Å². The average Bonchev–Trinajstić information content (AvgIpc) is 2.80. The first-order valence-electron chi connectivity index (χ1n) is 10.2. The molecule has 7 heteroatoms. The van der Waals surface area contributed by atoms with Gasteiger partial charge in [-0.15, -0.1) is 0 Å². The van der Waals surface area contributed by atoms with Gasteiger partial charge in [-0.3, -0.25) is 14.7 Å². The van der Waals surface area contributed by atoms with Gasteiger partial charge in [-0.05, 0) is 54.4 Å². The van der Waals surface area contributed by atoms with Crippen molar-refractivity contribution >= 4 is 17.6 Å². The minimum atomic E-state index is -0.316. The van der Waals surface area contributed by atoms with Crippen LogP contribution in [0, 0.1) is 5.82 Å². The molecule has 158 valence electrons. The Morgan fingerprint density at radius 2 is 1.90 bits per heavy atom. The monoisotopic (exact) mass is 418 g/mol. The number of nitrogens with one attached hydrogen (secondary N) is 1. The molecule has 1 aliphatic heterocycles. The third kappa shape index (κ3) is 5.06. The molecule has 6 nitrogen and oxygen atoms in total. The minimum absolute atomic E-state index is 0.151. The maximum atomic E-state index is 13.5. The van der Waals surface area contributed by atoms with Crippen molar-refractivity contribution in [2.75, 3.05) is 18.0 Å². The van der Waals surface area contributed by atoms with Crippen LogP contribution in [0.4, 0.5) is 14.9 Å². The van der Waals surface area contributed by atoms with Gasteiger partial charge in [0, 0.05) is 37.1 Å². The van der Waals surface area contributed by atoms with Gasteiger partial charge in [-0.1, -0.05) is 24.3 Å². The number of hydrogen-bond donors (Lipinski definition) is 1. The Kier molecular flexibility index (Phi) is 6.21. The number of aromatic nitrogens is 1. The highest BCUT2D eigenvalue weighted by atomic mass is 19.1. The topological polar surface area (TPSA) is 65.5 Å². The molecule has 3 aromatic rings. The fourth-order valence-corrected chi connectivity index (χ4v) is 3.61. The van der Waals surface area contributed by atoms with E-state index in [2.05, 4.69) is 10.3 Å². The second-order valence-corrected chi connectivity index (χ2v) is 7.39. The zero-order chi connectivity index (χ0) is 21.6. The number of rotatable bonds is 6. The molecule has 2 aromatic carbocycles. The maximum absolute atomic E-state index is 13.5. The van der Waals surface area contributed by atoms with E-state index in [-0.39, 0.29) is 17.8 Å². The summed E-state index contributed by atoms with van der Waals surface area (Å²) in [5.74, 6) is -0.545. The van der Waals surface area contributed by atoms with Crippen molar-refractivity contribution in [2.24, 2.45) is 0 Å². The van der Waals surface area contributed by atoms with E-state index in [1.807, 2.05) is 30.3 Å². The first-order chi connectivity index (χ1) is 15.1. The average molecular weight is 418 g/mol. The van der Waals surface area contributed by atoms with E-state index in [1.54, 1.807) is 40.3 Å². The summed E-state index contributed by atoms with van der Waals surface area (Å²) in [6, 6.07) is 18.7. The SMILES string of the molecule is O=C(NCc1ccccn1)c1cccc(N2CCCN(Cc3cccc(F)c3)C2=O)c1. The lowest BCUT2D eigenvalue weighted by Crippen LogP contribution is -2.49. The number of carbonyl (C=O) groups excluding carboxylic acids is 2. The summed E-state index contributed by atoms with van der Waals surface area (Å²) in [7, 11) is 0. The van der Waals surface area contributed by atoms with Crippen LogP contribution in [0.25, 0.3) is 0 Å². The summed E-state index contributed by atoms with van der Waals surface area (Å²) >= 11 is 0. The number of amides is 3. The summed E-state index contributed by atoms with van der Waals surface area (Å²) < 4.78 is 13.5. The second kappa shape index (κ2) is 9.38. The maximum Gasteiger partial charge on any atom is 0.324 e. The van der Waals surface area contributed by atoms with Crippen molar-refractivity contribution in [3.63, 3.8) is 0 Å². The van der Waals surface area contributed by atoms with Gasteiger partial charge in [-0.2, -0.15) is 0 Å². The minimum Gasteiger partial charge on any atom is -0.346 e. The summed E-state index contributed by atoms with van der Waals surface area (Å²) in [4.78, 5) is 33.2. The molecule has 0 unspecified atom stereocenters. The lowest BCUT2D eigenvalue weighted by Gasteiger charge is -2.35. The van der Waals surface area contributed by atoms with Gasteiger partial charge in [0.15, 0.2) is 0 Å². The van der Waals surface area contributed by atoms with Crippen molar-refractivity contribution in [3.05, 3.63) is 95.6 Å². The van der Waals surface area contributed by atoms with Gasteiger partial charge in [-0.25, -0.2) is 9.18 Å². The second-order valence-electron chi connectivity index (χ2n) is 7.39. The molecule has 0 bridgehead atoms. The number of pyridine rings is 1. The Labute approximate surface area is 180 Å².